The zero-order chi connectivity index (χ0) is 14.7. The molecule has 0 aliphatic rings. The number of nitrogens with one attached hydrogen (secondary N) is 2. The quantitative estimate of drug-likeness (QED) is 0.882. The summed E-state index contributed by atoms with van der Waals surface area (Å²) in [6.07, 6.45) is 0. The van der Waals surface area contributed by atoms with Crippen LogP contribution < -0.4 is 10.6 Å². The van der Waals surface area contributed by atoms with Gasteiger partial charge in [0.15, 0.2) is 0 Å². The average molecular weight is 270 g/mol. The van der Waals surface area contributed by atoms with Crippen molar-refractivity contribution in [2.45, 2.75) is 40.7 Å². The van der Waals surface area contributed by atoms with Gasteiger partial charge in [0, 0.05) is 17.8 Å². The molecule has 0 saturated carbocycles. The summed E-state index contributed by atoms with van der Waals surface area (Å²) >= 11 is 0. The van der Waals surface area contributed by atoms with Crippen LogP contribution in [0.5, 0.6) is 0 Å². The van der Waals surface area contributed by atoms with Gasteiger partial charge in [-0.25, -0.2) is 9.97 Å². The third kappa shape index (κ3) is 3.47. The highest BCUT2D eigenvalue weighted by atomic mass is 15.1. The molecule has 0 aliphatic carbocycles. The number of benzene rings is 1. The number of aryl methyl sites for hydroxylation is 2. The summed E-state index contributed by atoms with van der Waals surface area (Å²) in [7, 11) is 0. The van der Waals surface area contributed by atoms with E-state index in [1.165, 1.54) is 11.1 Å². The Morgan fingerprint density at radius 2 is 1.70 bits per heavy atom. The number of hydrogen-bond donors (Lipinski definition) is 2. The molecule has 2 rings (SSSR count). The van der Waals surface area contributed by atoms with Crippen molar-refractivity contribution in [1.82, 2.24) is 9.97 Å². The van der Waals surface area contributed by atoms with Crippen LogP contribution >= 0.6 is 0 Å². The summed E-state index contributed by atoms with van der Waals surface area (Å²) in [5.74, 6) is 2.41. The summed E-state index contributed by atoms with van der Waals surface area (Å²) in [4.78, 5) is 8.84. The lowest BCUT2D eigenvalue weighted by Crippen LogP contribution is -2.12. The van der Waals surface area contributed by atoms with Gasteiger partial charge in [-0.15, -0.1) is 0 Å². The van der Waals surface area contributed by atoms with Gasteiger partial charge in [-0.05, 0) is 51.8 Å². The molecule has 0 unspecified atom stereocenters. The minimum atomic E-state index is 0.345. The third-order valence-electron chi connectivity index (χ3n) is 3.14. The van der Waals surface area contributed by atoms with Crippen molar-refractivity contribution in [3.8, 4) is 0 Å². The Kier molecular flexibility index (Phi) is 4.23. The maximum atomic E-state index is 4.44. The number of hydrogen-bond acceptors (Lipinski definition) is 4. The first-order valence-corrected chi connectivity index (χ1v) is 6.91. The molecule has 0 fully saturated rings. The van der Waals surface area contributed by atoms with Gasteiger partial charge < -0.3 is 10.6 Å². The van der Waals surface area contributed by atoms with Crippen molar-refractivity contribution in [3.63, 3.8) is 0 Å². The standard InChI is InChI=1S/C16H22N4/c1-10(2)17-15-9-16(19-13(5)18-15)20-14-8-6-7-11(3)12(14)4/h6-10H,1-5H3,(H2,17,18,19,20). The fourth-order valence-electron chi connectivity index (χ4n) is 2.03. The van der Waals surface area contributed by atoms with Crippen molar-refractivity contribution < 1.29 is 0 Å². The molecule has 2 aromatic rings. The minimum Gasteiger partial charge on any atom is -0.368 e. The van der Waals surface area contributed by atoms with Crippen LogP contribution in [0.15, 0.2) is 24.3 Å². The molecule has 4 heteroatoms. The normalized spacial score (nSPS) is 10.7. The third-order valence-corrected chi connectivity index (χ3v) is 3.14. The predicted molar refractivity (Wildman–Crippen MR) is 84.7 cm³/mol. The van der Waals surface area contributed by atoms with Crippen molar-refractivity contribution >= 4 is 17.3 Å². The van der Waals surface area contributed by atoms with E-state index in [9.17, 15) is 0 Å². The molecular weight excluding hydrogens is 248 g/mol. The van der Waals surface area contributed by atoms with Gasteiger partial charge >= 0.3 is 0 Å². The van der Waals surface area contributed by atoms with E-state index < -0.39 is 0 Å². The Morgan fingerprint density at radius 3 is 2.40 bits per heavy atom. The molecule has 0 aliphatic heterocycles. The molecule has 1 aromatic carbocycles. The Bertz CT molecular complexity index is 605. The van der Waals surface area contributed by atoms with Gasteiger partial charge in [0.1, 0.15) is 17.5 Å². The molecule has 1 aromatic heterocycles. The second-order valence-corrected chi connectivity index (χ2v) is 5.36. The van der Waals surface area contributed by atoms with E-state index in [-0.39, 0.29) is 0 Å². The van der Waals surface area contributed by atoms with Crippen LogP contribution in [0, 0.1) is 20.8 Å². The molecular formula is C16H22N4. The molecule has 20 heavy (non-hydrogen) atoms. The lowest BCUT2D eigenvalue weighted by atomic mass is 10.1. The first-order chi connectivity index (χ1) is 9.45. The second-order valence-electron chi connectivity index (χ2n) is 5.36. The topological polar surface area (TPSA) is 49.8 Å². The van der Waals surface area contributed by atoms with Crippen LogP contribution in [-0.4, -0.2) is 16.0 Å². The summed E-state index contributed by atoms with van der Waals surface area (Å²) < 4.78 is 0. The largest absolute Gasteiger partial charge is 0.368 e. The van der Waals surface area contributed by atoms with Crippen LogP contribution in [0.3, 0.4) is 0 Å². The first-order valence-electron chi connectivity index (χ1n) is 6.91. The Labute approximate surface area is 120 Å². The Morgan fingerprint density at radius 1 is 1.00 bits per heavy atom. The van der Waals surface area contributed by atoms with Gasteiger partial charge in [-0.3, -0.25) is 0 Å². The molecule has 4 nitrogen and oxygen atoms in total. The van der Waals surface area contributed by atoms with Gasteiger partial charge in [-0.2, -0.15) is 0 Å². The van der Waals surface area contributed by atoms with Crippen LogP contribution in [0.1, 0.15) is 30.8 Å². The maximum absolute atomic E-state index is 4.44. The average Bonchev–Trinajstić information content (AvgIpc) is 2.33. The monoisotopic (exact) mass is 270 g/mol. The van der Waals surface area contributed by atoms with Crippen molar-refractivity contribution in [2.75, 3.05) is 10.6 Å². The number of anilines is 3. The van der Waals surface area contributed by atoms with Crippen molar-refractivity contribution in [2.24, 2.45) is 0 Å². The van der Waals surface area contributed by atoms with E-state index in [4.69, 9.17) is 0 Å². The van der Waals surface area contributed by atoms with E-state index >= 15 is 0 Å². The lowest BCUT2D eigenvalue weighted by Gasteiger charge is -2.14. The number of aromatic nitrogens is 2. The highest BCUT2D eigenvalue weighted by Crippen LogP contribution is 2.23. The summed E-state index contributed by atoms with van der Waals surface area (Å²) in [6.45, 7) is 10.3. The van der Waals surface area contributed by atoms with Crippen LogP contribution in [0.4, 0.5) is 17.3 Å². The van der Waals surface area contributed by atoms with E-state index in [1.807, 2.05) is 19.1 Å². The predicted octanol–water partition coefficient (Wildman–Crippen LogP) is 3.97. The highest BCUT2D eigenvalue weighted by molar-refractivity contribution is 5.63. The Hall–Kier alpha value is -2.10. The first kappa shape index (κ1) is 14.3. The van der Waals surface area contributed by atoms with E-state index in [0.29, 0.717) is 6.04 Å². The van der Waals surface area contributed by atoms with Crippen LogP contribution in [-0.2, 0) is 0 Å². The fraction of sp³-hybridized carbons (Fsp3) is 0.375. The molecule has 0 radical (unpaired) electrons. The smallest absolute Gasteiger partial charge is 0.136 e. The van der Waals surface area contributed by atoms with Crippen molar-refractivity contribution in [3.05, 3.63) is 41.2 Å². The highest BCUT2D eigenvalue weighted by Gasteiger charge is 2.06. The summed E-state index contributed by atoms with van der Waals surface area (Å²) in [5, 5.41) is 6.68. The SMILES string of the molecule is Cc1nc(Nc2cccc(C)c2C)cc(NC(C)C)n1. The molecule has 106 valence electrons. The Balaban J connectivity index is 2.29. The second kappa shape index (κ2) is 5.90. The molecule has 0 atom stereocenters. The van der Waals surface area contributed by atoms with Gasteiger partial charge in [-0.1, -0.05) is 12.1 Å². The van der Waals surface area contributed by atoms with Gasteiger partial charge in [0.2, 0.25) is 0 Å². The zero-order valence-corrected chi connectivity index (χ0v) is 12.8. The molecule has 0 saturated heterocycles. The molecule has 0 spiro atoms. The number of rotatable bonds is 4. The molecule has 0 amide bonds. The molecule has 0 bridgehead atoms. The summed E-state index contributed by atoms with van der Waals surface area (Å²) in [5.41, 5.74) is 3.59. The molecule has 1 heterocycles. The molecule has 2 N–H and O–H groups in total. The fourth-order valence-corrected chi connectivity index (χ4v) is 2.03. The van der Waals surface area contributed by atoms with Crippen LogP contribution in [0.2, 0.25) is 0 Å². The van der Waals surface area contributed by atoms with Crippen molar-refractivity contribution in [1.29, 1.82) is 0 Å². The maximum Gasteiger partial charge on any atom is 0.136 e. The van der Waals surface area contributed by atoms with E-state index in [1.54, 1.807) is 0 Å². The van der Waals surface area contributed by atoms with E-state index in [2.05, 4.69) is 60.4 Å². The minimum absolute atomic E-state index is 0.345. The van der Waals surface area contributed by atoms with Crippen LogP contribution in [0.25, 0.3) is 0 Å². The summed E-state index contributed by atoms with van der Waals surface area (Å²) in [6, 6.07) is 8.51. The zero-order valence-electron chi connectivity index (χ0n) is 12.8. The van der Waals surface area contributed by atoms with Gasteiger partial charge in [0.05, 0.1) is 0 Å². The number of nitrogens with zero attached hydrogens (tertiary/aromatic N) is 2. The lowest BCUT2D eigenvalue weighted by molar-refractivity contribution is 0.881. The van der Waals surface area contributed by atoms with Gasteiger partial charge in [0.25, 0.3) is 0 Å². The van der Waals surface area contributed by atoms with E-state index in [0.717, 1.165) is 23.1 Å².